The number of rotatable bonds is 5. The van der Waals surface area contributed by atoms with Gasteiger partial charge in [-0.3, -0.25) is 0 Å². The molecule has 25 heavy (non-hydrogen) atoms. The highest BCUT2D eigenvalue weighted by Crippen LogP contribution is 2.39. The third-order valence-electron chi connectivity index (χ3n) is 5.23. The van der Waals surface area contributed by atoms with Crippen LogP contribution in [0.3, 0.4) is 0 Å². The molecule has 1 aromatic heterocycles. The predicted molar refractivity (Wildman–Crippen MR) is 100 cm³/mol. The lowest BCUT2D eigenvalue weighted by Crippen LogP contribution is -2.33. The summed E-state index contributed by atoms with van der Waals surface area (Å²) in [6.45, 7) is 4.09. The quantitative estimate of drug-likeness (QED) is 0.730. The fraction of sp³-hybridized carbons (Fsp3) is 0.318. The van der Waals surface area contributed by atoms with Gasteiger partial charge in [-0.15, -0.1) is 0 Å². The van der Waals surface area contributed by atoms with Crippen LogP contribution in [0.5, 0.6) is 0 Å². The molecule has 0 bridgehead atoms. The second-order valence-electron chi connectivity index (χ2n) is 7.30. The Morgan fingerprint density at radius 3 is 2.24 bits per heavy atom. The van der Waals surface area contributed by atoms with Gasteiger partial charge in [0.2, 0.25) is 0 Å². The Morgan fingerprint density at radius 2 is 1.64 bits per heavy atom. The van der Waals surface area contributed by atoms with Crippen molar-refractivity contribution in [2.45, 2.75) is 38.3 Å². The van der Waals surface area contributed by atoms with E-state index >= 15 is 0 Å². The molecule has 1 aliphatic carbocycles. The molecular formula is C22H24N2O. The molecule has 1 N–H and O–H groups in total. The zero-order chi connectivity index (χ0) is 17.4. The van der Waals surface area contributed by atoms with Gasteiger partial charge in [-0.1, -0.05) is 68.4 Å². The maximum atomic E-state index is 11.5. The molecule has 0 saturated heterocycles. The number of benzene rings is 2. The van der Waals surface area contributed by atoms with Gasteiger partial charge in [0.15, 0.2) is 0 Å². The first-order valence-corrected chi connectivity index (χ1v) is 9.01. The molecule has 0 amide bonds. The Morgan fingerprint density at radius 1 is 1.00 bits per heavy atom. The largest absolute Gasteiger partial charge is 0.378 e. The van der Waals surface area contributed by atoms with Crippen LogP contribution < -0.4 is 0 Å². The summed E-state index contributed by atoms with van der Waals surface area (Å²) in [5.74, 6) is 0.0256. The van der Waals surface area contributed by atoms with Gasteiger partial charge in [0.05, 0.1) is 12.0 Å². The van der Waals surface area contributed by atoms with Gasteiger partial charge in [0, 0.05) is 12.2 Å². The minimum Gasteiger partial charge on any atom is -0.378 e. The summed E-state index contributed by atoms with van der Waals surface area (Å²) < 4.78 is 2.14. The second-order valence-corrected chi connectivity index (χ2v) is 7.30. The van der Waals surface area contributed by atoms with E-state index in [2.05, 4.69) is 33.8 Å². The first-order chi connectivity index (χ1) is 12.1. The SMILES string of the molecule is CC(C)C(O)(c1ccc(-c2ccccc2)cc1)c1cn(C2CC2)cn1. The number of aliphatic hydroxyl groups is 1. The summed E-state index contributed by atoms with van der Waals surface area (Å²) in [4.78, 5) is 4.54. The summed E-state index contributed by atoms with van der Waals surface area (Å²) >= 11 is 0. The van der Waals surface area contributed by atoms with Gasteiger partial charge < -0.3 is 9.67 Å². The standard InChI is InChI=1S/C22H24N2O/c1-16(2)22(25,21-14-24(15-23-21)20-12-13-20)19-10-8-18(9-11-19)17-6-4-3-5-7-17/h3-11,14-16,20,25H,12-13H2,1-2H3. The zero-order valence-corrected chi connectivity index (χ0v) is 14.8. The van der Waals surface area contributed by atoms with Crippen molar-refractivity contribution in [3.63, 3.8) is 0 Å². The average Bonchev–Trinajstić information content (AvgIpc) is 3.38. The normalized spacial score (nSPS) is 16.8. The predicted octanol–water partition coefficient (Wildman–Crippen LogP) is 4.78. The van der Waals surface area contributed by atoms with Crippen molar-refractivity contribution in [2.24, 2.45) is 5.92 Å². The van der Waals surface area contributed by atoms with Crippen LogP contribution in [0.25, 0.3) is 11.1 Å². The lowest BCUT2D eigenvalue weighted by atomic mass is 9.80. The Hall–Kier alpha value is -2.39. The van der Waals surface area contributed by atoms with E-state index in [4.69, 9.17) is 0 Å². The van der Waals surface area contributed by atoms with E-state index in [0.717, 1.165) is 16.8 Å². The maximum Gasteiger partial charge on any atom is 0.135 e. The van der Waals surface area contributed by atoms with Gasteiger partial charge in [0.1, 0.15) is 5.60 Å². The molecule has 1 saturated carbocycles. The van der Waals surface area contributed by atoms with Gasteiger partial charge in [-0.25, -0.2) is 4.98 Å². The molecule has 4 rings (SSSR count). The molecule has 1 heterocycles. The van der Waals surface area contributed by atoms with Crippen molar-refractivity contribution in [2.75, 3.05) is 0 Å². The van der Waals surface area contributed by atoms with Crippen molar-refractivity contribution in [3.8, 4) is 11.1 Å². The van der Waals surface area contributed by atoms with Crippen LogP contribution in [-0.2, 0) is 5.60 Å². The number of hydrogen-bond donors (Lipinski definition) is 1. The minimum absolute atomic E-state index is 0.0256. The van der Waals surface area contributed by atoms with Crippen LogP contribution >= 0.6 is 0 Å². The van der Waals surface area contributed by atoms with Crippen molar-refractivity contribution < 1.29 is 5.11 Å². The Labute approximate surface area is 149 Å². The van der Waals surface area contributed by atoms with Crippen LogP contribution in [0, 0.1) is 5.92 Å². The molecule has 3 nitrogen and oxygen atoms in total. The van der Waals surface area contributed by atoms with E-state index in [1.54, 1.807) is 0 Å². The lowest BCUT2D eigenvalue weighted by Gasteiger charge is -2.31. The summed E-state index contributed by atoms with van der Waals surface area (Å²) in [6.07, 6.45) is 6.30. The molecule has 128 valence electrons. The van der Waals surface area contributed by atoms with Crippen LogP contribution in [-0.4, -0.2) is 14.7 Å². The number of nitrogens with zero attached hydrogens (tertiary/aromatic N) is 2. The van der Waals surface area contributed by atoms with Crippen molar-refractivity contribution >= 4 is 0 Å². The maximum absolute atomic E-state index is 11.5. The topological polar surface area (TPSA) is 38.0 Å². The van der Waals surface area contributed by atoms with E-state index in [1.165, 1.54) is 18.4 Å². The highest BCUT2D eigenvalue weighted by atomic mass is 16.3. The lowest BCUT2D eigenvalue weighted by molar-refractivity contribution is 0.0278. The summed E-state index contributed by atoms with van der Waals surface area (Å²) in [6, 6.07) is 19.1. The molecule has 1 aliphatic rings. The average molecular weight is 332 g/mol. The highest BCUT2D eigenvalue weighted by Gasteiger charge is 2.38. The van der Waals surface area contributed by atoms with Crippen molar-refractivity contribution in [1.82, 2.24) is 9.55 Å². The molecule has 0 spiro atoms. The molecular weight excluding hydrogens is 308 g/mol. The monoisotopic (exact) mass is 332 g/mol. The van der Waals surface area contributed by atoms with Gasteiger partial charge in [0.25, 0.3) is 0 Å². The Balaban J connectivity index is 1.70. The van der Waals surface area contributed by atoms with Gasteiger partial charge >= 0.3 is 0 Å². The first-order valence-electron chi connectivity index (χ1n) is 9.01. The van der Waals surface area contributed by atoms with Crippen LogP contribution in [0.4, 0.5) is 0 Å². The zero-order valence-electron chi connectivity index (χ0n) is 14.8. The van der Waals surface area contributed by atoms with Crippen LogP contribution in [0.15, 0.2) is 67.1 Å². The van der Waals surface area contributed by atoms with Gasteiger partial charge in [-0.05, 0) is 35.4 Å². The molecule has 0 radical (unpaired) electrons. The highest BCUT2D eigenvalue weighted by molar-refractivity contribution is 5.63. The molecule has 2 aromatic carbocycles. The molecule has 1 unspecified atom stereocenters. The first kappa shape index (κ1) is 16.1. The van der Waals surface area contributed by atoms with Crippen LogP contribution in [0.1, 0.15) is 44.0 Å². The molecule has 3 heteroatoms. The summed E-state index contributed by atoms with van der Waals surface area (Å²) in [5.41, 5.74) is 2.89. The third kappa shape index (κ3) is 2.89. The van der Waals surface area contributed by atoms with Gasteiger partial charge in [-0.2, -0.15) is 0 Å². The number of hydrogen-bond acceptors (Lipinski definition) is 2. The fourth-order valence-electron chi connectivity index (χ4n) is 3.43. The Kier molecular flexibility index (Phi) is 3.97. The van der Waals surface area contributed by atoms with E-state index in [1.807, 2.05) is 56.7 Å². The van der Waals surface area contributed by atoms with E-state index in [-0.39, 0.29) is 5.92 Å². The van der Waals surface area contributed by atoms with E-state index in [0.29, 0.717) is 6.04 Å². The smallest absolute Gasteiger partial charge is 0.135 e. The molecule has 3 aromatic rings. The van der Waals surface area contributed by atoms with Crippen molar-refractivity contribution in [3.05, 3.63) is 78.4 Å². The molecule has 1 fully saturated rings. The van der Waals surface area contributed by atoms with E-state index in [9.17, 15) is 5.11 Å². The van der Waals surface area contributed by atoms with Crippen molar-refractivity contribution in [1.29, 1.82) is 0 Å². The summed E-state index contributed by atoms with van der Waals surface area (Å²) in [5, 5.41) is 11.5. The third-order valence-corrected chi connectivity index (χ3v) is 5.23. The fourth-order valence-corrected chi connectivity index (χ4v) is 3.43. The number of imidazole rings is 1. The Bertz CT molecular complexity index is 847. The van der Waals surface area contributed by atoms with Crippen LogP contribution in [0.2, 0.25) is 0 Å². The minimum atomic E-state index is -1.07. The molecule has 1 atom stereocenters. The summed E-state index contributed by atoms with van der Waals surface area (Å²) in [7, 11) is 0. The number of aromatic nitrogens is 2. The molecule has 0 aliphatic heterocycles. The van der Waals surface area contributed by atoms with E-state index < -0.39 is 5.60 Å². The second kappa shape index (κ2) is 6.16.